The summed E-state index contributed by atoms with van der Waals surface area (Å²) in [6.07, 6.45) is 10.5. The van der Waals surface area contributed by atoms with Crippen molar-refractivity contribution in [3.05, 3.63) is 24.5 Å². The molecule has 1 heterocycles. The van der Waals surface area contributed by atoms with E-state index in [0.717, 1.165) is 29.0 Å². The normalized spacial score (nSPS) is 17.8. The van der Waals surface area contributed by atoms with Gasteiger partial charge in [-0.2, -0.15) is 11.8 Å². The second kappa shape index (κ2) is 6.10. The Morgan fingerprint density at radius 1 is 1.24 bits per heavy atom. The van der Waals surface area contributed by atoms with Gasteiger partial charge in [0, 0.05) is 22.4 Å². The van der Waals surface area contributed by atoms with Gasteiger partial charge in [0.05, 0.1) is 5.52 Å². The number of nitrogens with one attached hydrogen (secondary N) is 1. The lowest BCUT2D eigenvalue weighted by atomic mass is 9.88. The quantitative estimate of drug-likeness (QED) is 0.843. The Kier molecular flexibility index (Phi) is 4.19. The largest absolute Gasteiger partial charge is 0.399 e. The summed E-state index contributed by atoms with van der Waals surface area (Å²) >= 11 is 1.99. The van der Waals surface area contributed by atoms with Gasteiger partial charge in [0.25, 0.3) is 0 Å². The van der Waals surface area contributed by atoms with Crippen molar-refractivity contribution in [1.82, 2.24) is 9.97 Å². The van der Waals surface area contributed by atoms with Crippen molar-refractivity contribution in [3.63, 3.8) is 0 Å². The molecule has 3 rings (SSSR count). The Balaban J connectivity index is 1.81. The van der Waals surface area contributed by atoms with Crippen molar-refractivity contribution in [2.24, 2.45) is 0 Å². The van der Waals surface area contributed by atoms with Crippen LogP contribution in [0.25, 0.3) is 10.9 Å². The first-order valence-electron chi connectivity index (χ1n) is 7.52. The molecule has 2 aromatic rings. The fraction of sp³-hybridized carbons (Fsp3) is 0.500. The minimum Gasteiger partial charge on any atom is -0.399 e. The predicted octanol–water partition coefficient (Wildman–Crippen LogP) is 3.69. The molecule has 3 N–H and O–H groups in total. The number of hydrogen-bond donors (Lipinski definition) is 2. The van der Waals surface area contributed by atoms with Gasteiger partial charge >= 0.3 is 0 Å². The second-order valence-electron chi connectivity index (χ2n) is 5.80. The van der Waals surface area contributed by atoms with Crippen molar-refractivity contribution in [3.8, 4) is 0 Å². The number of anilines is 2. The van der Waals surface area contributed by atoms with Crippen LogP contribution >= 0.6 is 11.8 Å². The zero-order valence-electron chi connectivity index (χ0n) is 12.4. The highest BCUT2D eigenvalue weighted by Gasteiger charge is 2.31. The van der Waals surface area contributed by atoms with Crippen LogP contribution in [0.3, 0.4) is 0 Å². The number of thioether (sulfide) groups is 1. The van der Waals surface area contributed by atoms with Crippen LogP contribution in [0.15, 0.2) is 24.5 Å². The molecule has 4 nitrogen and oxygen atoms in total. The summed E-state index contributed by atoms with van der Waals surface area (Å²) in [6, 6.07) is 5.80. The smallest absolute Gasteiger partial charge is 0.137 e. The SMILES string of the molecule is CSC1(CNc2ncnc3cc(N)ccc23)CCCCC1. The second-order valence-corrected chi connectivity index (χ2v) is 7.07. The molecule has 0 radical (unpaired) electrons. The molecule has 1 aliphatic rings. The Morgan fingerprint density at radius 3 is 2.81 bits per heavy atom. The highest BCUT2D eigenvalue weighted by atomic mass is 32.2. The standard InChI is InChI=1S/C16H22N4S/c1-21-16(7-3-2-4-8-16)10-18-15-13-6-5-12(17)9-14(13)19-11-20-15/h5-6,9,11H,2-4,7-8,10,17H2,1H3,(H,18,19,20). The maximum atomic E-state index is 5.82. The Hall–Kier alpha value is -1.49. The lowest BCUT2D eigenvalue weighted by Crippen LogP contribution is -2.35. The third-order valence-corrected chi connectivity index (χ3v) is 5.85. The molecule has 1 aliphatic carbocycles. The zero-order valence-corrected chi connectivity index (χ0v) is 13.2. The average molecular weight is 302 g/mol. The third-order valence-electron chi connectivity index (χ3n) is 4.44. The predicted molar refractivity (Wildman–Crippen MR) is 91.8 cm³/mol. The molecular weight excluding hydrogens is 280 g/mol. The lowest BCUT2D eigenvalue weighted by molar-refractivity contribution is 0.411. The molecule has 21 heavy (non-hydrogen) atoms. The summed E-state index contributed by atoms with van der Waals surface area (Å²) in [5.41, 5.74) is 7.46. The van der Waals surface area contributed by atoms with Crippen LogP contribution in [0, 0.1) is 0 Å². The van der Waals surface area contributed by atoms with E-state index < -0.39 is 0 Å². The number of fused-ring (bicyclic) bond motifs is 1. The number of nitrogen functional groups attached to an aromatic ring is 1. The fourth-order valence-corrected chi connectivity index (χ4v) is 4.02. The van der Waals surface area contributed by atoms with Crippen LogP contribution in [-0.4, -0.2) is 27.5 Å². The van der Waals surface area contributed by atoms with Crippen molar-refractivity contribution < 1.29 is 0 Å². The molecule has 5 heteroatoms. The first-order valence-corrected chi connectivity index (χ1v) is 8.74. The topological polar surface area (TPSA) is 63.8 Å². The summed E-state index contributed by atoms with van der Waals surface area (Å²) in [7, 11) is 0. The third kappa shape index (κ3) is 3.07. The molecule has 1 fully saturated rings. The number of rotatable bonds is 4. The maximum Gasteiger partial charge on any atom is 0.137 e. The number of aromatic nitrogens is 2. The van der Waals surface area contributed by atoms with E-state index in [1.807, 2.05) is 30.0 Å². The van der Waals surface area contributed by atoms with Crippen LogP contribution < -0.4 is 11.1 Å². The van der Waals surface area contributed by atoms with Crippen LogP contribution in [0.2, 0.25) is 0 Å². The van der Waals surface area contributed by atoms with Crippen LogP contribution in [0.4, 0.5) is 11.5 Å². The van der Waals surface area contributed by atoms with E-state index in [4.69, 9.17) is 5.73 Å². The summed E-state index contributed by atoms with van der Waals surface area (Å²) in [5, 5.41) is 4.60. The van der Waals surface area contributed by atoms with E-state index in [2.05, 4.69) is 21.5 Å². The molecule has 0 unspecified atom stereocenters. The van der Waals surface area contributed by atoms with Gasteiger partial charge in [-0.1, -0.05) is 19.3 Å². The van der Waals surface area contributed by atoms with Crippen LogP contribution in [0.1, 0.15) is 32.1 Å². The Labute approximate surface area is 129 Å². The van der Waals surface area contributed by atoms with E-state index in [1.165, 1.54) is 32.1 Å². The molecule has 0 aliphatic heterocycles. The van der Waals surface area contributed by atoms with Gasteiger partial charge in [0.1, 0.15) is 12.1 Å². The fourth-order valence-electron chi connectivity index (χ4n) is 3.11. The molecule has 0 bridgehead atoms. The van der Waals surface area contributed by atoms with Gasteiger partial charge in [-0.3, -0.25) is 0 Å². The number of nitrogens with zero attached hydrogens (tertiary/aromatic N) is 2. The molecule has 0 atom stereocenters. The zero-order chi connectivity index (χ0) is 14.7. The minimum atomic E-state index is 0.351. The molecule has 0 spiro atoms. The van der Waals surface area contributed by atoms with Gasteiger partial charge in [-0.15, -0.1) is 0 Å². The van der Waals surface area contributed by atoms with Crippen LogP contribution in [0.5, 0.6) is 0 Å². The lowest BCUT2D eigenvalue weighted by Gasteiger charge is -2.36. The van der Waals surface area contributed by atoms with E-state index in [9.17, 15) is 0 Å². The number of nitrogens with two attached hydrogens (primary N) is 1. The maximum absolute atomic E-state index is 5.82. The van der Waals surface area contributed by atoms with E-state index in [-0.39, 0.29) is 0 Å². The highest BCUT2D eigenvalue weighted by Crippen LogP contribution is 2.38. The number of hydrogen-bond acceptors (Lipinski definition) is 5. The molecule has 112 valence electrons. The van der Waals surface area contributed by atoms with Crippen molar-refractivity contribution >= 4 is 34.2 Å². The molecular formula is C16H22N4S. The van der Waals surface area contributed by atoms with Gasteiger partial charge < -0.3 is 11.1 Å². The first-order chi connectivity index (χ1) is 10.2. The molecule has 1 saturated carbocycles. The monoisotopic (exact) mass is 302 g/mol. The van der Waals surface area contributed by atoms with Crippen LogP contribution in [-0.2, 0) is 0 Å². The van der Waals surface area contributed by atoms with E-state index >= 15 is 0 Å². The molecule has 1 aromatic carbocycles. The Bertz CT molecular complexity index is 623. The van der Waals surface area contributed by atoms with E-state index in [0.29, 0.717) is 4.75 Å². The van der Waals surface area contributed by atoms with Gasteiger partial charge in [-0.05, 0) is 37.3 Å². The average Bonchev–Trinajstić information content (AvgIpc) is 2.53. The first kappa shape index (κ1) is 14.4. The van der Waals surface area contributed by atoms with Gasteiger partial charge in [-0.25, -0.2) is 9.97 Å². The highest BCUT2D eigenvalue weighted by molar-refractivity contribution is 8.00. The van der Waals surface area contributed by atoms with Gasteiger partial charge in [0.15, 0.2) is 0 Å². The van der Waals surface area contributed by atoms with Gasteiger partial charge in [0.2, 0.25) is 0 Å². The molecule has 0 saturated heterocycles. The van der Waals surface area contributed by atoms with Crippen molar-refractivity contribution in [1.29, 1.82) is 0 Å². The van der Waals surface area contributed by atoms with Crippen molar-refractivity contribution in [2.45, 2.75) is 36.9 Å². The van der Waals surface area contributed by atoms with E-state index in [1.54, 1.807) is 6.33 Å². The minimum absolute atomic E-state index is 0.351. The summed E-state index contributed by atoms with van der Waals surface area (Å²) in [4.78, 5) is 8.71. The van der Waals surface area contributed by atoms with Crippen molar-refractivity contribution in [2.75, 3.05) is 23.9 Å². The molecule has 0 amide bonds. The summed E-state index contributed by atoms with van der Waals surface area (Å²) in [6.45, 7) is 0.963. The summed E-state index contributed by atoms with van der Waals surface area (Å²) in [5.74, 6) is 0.916. The Morgan fingerprint density at radius 2 is 2.05 bits per heavy atom. The number of benzene rings is 1. The summed E-state index contributed by atoms with van der Waals surface area (Å²) < 4.78 is 0.351. The molecule has 1 aromatic heterocycles.